The average Bonchev–Trinajstić information content (AvgIpc) is 2.23. The van der Waals surface area contributed by atoms with Gasteiger partial charge in [0.05, 0.1) is 0 Å². The quantitative estimate of drug-likeness (QED) is 0.709. The van der Waals surface area contributed by atoms with Crippen LogP contribution in [0.1, 0.15) is 58.8 Å². The average molecular weight is 237 g/mol. The van der Waals surface area contributed by atoms with Crippen LogP contribution in [-0.4, -0.2) is 25.5 Å². The maximum atomic E-state index is 2.40. The zero-order chi connectivity index (χ0) is 12.5. The second kappa shape index (κ2) is 5.30. The van der Waals surface area contributed by atoms with Crippen molar-refractivity contribution in [1.82, 2.24) is 4.90 Å². The maximum Gasteiger partial charge on any atom is -0.00222 e. The molecule has 0 bridgehead atoms. The predicted molar refractivity (Wildman–Crippen MR) is 75.1 cm³/mol. The fraction of sp³-hybridized carbons (Fsp3) is 1.00. The van der Waals surface area contributed by atoms with Crippen molar-refractivity contribution in [2.75, 3.05) is 20.6 Å². The lowest BCUT2D eigenvalue weighted by atomic mass is 9.52. The van der Waals surface area contributed by atoms with Crippen LogP contribution in [0.15, 0.2) is 0 Å². The molecule has 0 atom stereocenters. The van der Waals surface area contributed by atoms with Crippen molar-refractivity contribution in [3.63, 3.8) is 0 Å². The summed E-state index contributed by atoms with van der Waals surface area (Å²) in [5.74, 6) is 3.00. The summed E-state index contributed by atoms with van der Waals surface area (Å²) in [4.78, 5) is 2.34. The molecule has 2 saturated carbocycles. The van der Waals surface area contributed by atoms with Crippen molar-refractivity contribution in [3.8, 4) is 0 Å². The molecule has 0 aromatic rings. The molecule has 0 amide bonds. The molecule has 1 heteroatoms. The van der Waals surface area contributed by atoms with Crippen LogP contribution in [0, 0.1) is 23.2 Å². The van der Waals surface area contributed by atoms with E-state index < -0.39 is 0 Å². The van der Waals surface area contributed by atoms with E-state index in [9.17, 15) is 0 Å². The van der Waals surface area contributed by atoms with Crippen LogP contribution in [0.5, 0.6) is 0 Å². The molecule has 0 aliphatic heterocycles. The van der Waals surface area contributed by atoms with Gasteiger partial charge in [0.15, 0.2) is 0 Å². The Morgan fingerprint density at radius 2 is 1.71 bits per heavy atom. The topological polar surface area (TPSA) is 3.24 Å². The summed E-state index contributed by atoms with van der Waals surface area (Å²) in [6, 6.07) is 0. The van der Waals surface area contributed by atoms with Gasteiger partial charge < -0.3 is 4.90 Å². The molecule has 2 fully saturated rings. The van der Waals surface area contributed by atoms with Gasteiger partial charge in [-0.15, -0.1) is 0 Å². The number of nitrogens with zero attached hydrogens (tertiary/aromatic N) is 1. The van der Waals surface area contributed by atoms with E-state index >= 15 is 0 Å². The van der Waals surface area contributed by atoms with Gasteiger partial charge in [0, 0.05) is 0 Å². The van der Waals surface area contributed by atoms with Crippen LogP contribution in [0.2, 0.25) is 0 Å². The predicted octanol–water partition coefficient (Wildman–Crippen LogP) is 4.18. The third kappa shape index (κ3) is 3.24. The maximum absolute atomic E-state index is 2.40. The lowest BCUT2D eigenvalue weighted by Gasteiger charge is -2.53. The molecular weight excluding hydrogens is 206 g/mol. The Bertz CT molecular complexity index is 228. The van der Waals surface area contributed by atoms with Gasteiger partial charge in [-0.2, -0.15) is 0 Å². The highest BCUT2D eigenvalue weighted by molar-refractivity contribution is 4.97. The largest absolute Gasteiger partial charge is 0.309 e. The molecule has 1 nitrogen and oxygen atoms in total. The summed E-state index contributed by atoms with van der Waals surface area (Å²) < 4.78 is 0. The normalized spacial score (nSPS) is 37.8. The van der Waals surface area contributed by atoms with E-state index in [1.54, 1.807) is 12.8 Å². The van der Waals surface area contributed by atoms with E-state index in [2.05, 4.69) is 32.8 Å². The Labute approximate surface area is 108 Å². The van der Waals surface area contributed by atoms with Gasteiger partial charge in [0.2, 0.25) is 0 Å². The summed E-state index contributed by atoms with van der Waals surface area (Å²) in [5.41, 5.74) is 0.809. The third-order valence-electron chi connectivity index (χ3n) is 5.48. The van der Waals surface area contributed by atoms with Gasteiger partial charge in [-0.1, -0.05) is 13.8 Å². The minimum Gasteiger partial charge on any atom is -0.309 e. The molecule has 0 unspecified atom stereocenters. The molecule has 2 aliphatic rings. The highest BCUT2D eigenvalue weighted by atomic mass is 15.0. The van der Waals surface area contributed by atoms with Crippen molar-refractivity contribution >= 4 is 0 Å². The molecule has 0 aromatic carbocycles. The van der Waals surface area contributed by atoms with Crippen LogP contribution in [0.4, 0.5) is 0 Å². The van der Waals surface area contributed by atoms with Crippen molar-refractivity contribution < 1.29 is 0 Å². The van der Waals surface area contributed by atoms with Gasteiger partial charge in [0.25, 0.3) is 0 Å². The molecule has 1 spiro atoms. The number of hydrogen-bond donors (Lipinski definition) is 0. The van der Waals surface area contributed by atoms with Crippen molar-refractivity contribution in [1.29, 1.82) is 0 Å². The summed E-state index contributed by atoms with van der Waals surface area (Å²) in [5, 5.41) is 0. The Morgan fingerprint density at radius 1 is 1.12 bits per heavy atom. The first-order chi connectivity index (χ1) is 8.01. The van der Waals surface area contributed by atoms with E-state index in [1.807, 2.05) is 0 Å². The Hall–Kier alpha value is -0.0400. The molecular formula is C16H31N. The molecule has 17 heavy (non-hydrogen) atoms. The van der Waals surface area contributed by atoms with E-state index in [4.69, 9.17) is 0 Å². The summed E-state index contributed by atoms with van der Waals surface area (Å²) >= 11 is 0. The fourth-order valence-electron chi connectivity index (χ4n) is 3.95. The first kappa shape index (κ1) is 13.4. The van der Waals surface area contributed by atoms with Gasteiger partial charge in [0.1, 0.15) is 0 Å². The van der Waals surface area contributed by atoms with Crippen molar-refractivity contribution in [3.05, 3.63) is 0 Å². The first-order valence-electron chi connectivity index (χ1n) is 7.65. The number of rotatable bonds is 4. The van der Waals surface area contributed by atoms with Crippen LogP contribution >= 0.6 is 0 Å². The Balaban J connectivity index is 1.69. The third-order valence-corrected chi connectivity index (χ3v) is 5.48. The highest BCUT2D eigenvalue weighted by Gasteiger charge is 2.46. The van der Waals surface area contributed by atoms with Crippen molar-refractivity contribution in [2.45, 2.75) is 58.8 Å². The molecule has 2 aliphatic carbocycles. The Kier molecular flexibility index (Phi) is 4.18. The van der Waals surface area contributed by atoms with E-state index in [1.165, 1.54) is 38.6 Å². The fourth-order valence-corrected chi connectivity index (χ4v) is 3.95. The summed E-state index contributed by atoms with van der Waals surface area (Å²) in [6.07, 6.45) is 10.6. The molecule has 0 N–H and O–H groups in total. The van der Waals surface area contributed by atoms with Gasteiger partial charge in [-0.05, 0) is 88.8 Å². The van der Waals surface area contributed by atoms with Crippen LogP contribution < -0.4 is 0 Å². The van der Waals surface area contributed by atoms with Gasteiger partial charge in [-0.3, -0.25) is 0 Å². The minimum absolute atomic E-state index is 0.809. The molecule has 0 heterocycles. The monoisotopic (exact) mass is 237 g/mol. The van der Waals surface area contributed by atoms with Gasteiger partial charge in [-0.25, -0.2) is 0 Å². The van der Waals surface area contributed by atoms with E-state index in [0.717, 1.165) is 23.2 Å². The molecule has 2 rings (SSSR count). The smallest absolute Gasteiger partial charge is 0.00222 e. The van der Waals surface area contributed by atoms with E-state index in [0.29, 0.717) is 0 Å². The van der Waals surface area contributed by atoms with Crippen LogP contribution in [0.25, 0.3) is 0 Å². The minimum atomic E-state index is 0.809. The zero-order valence-corrected chi connectivity index (χ0v) is 12.3. The van der Waals surface area contributed by atoms with E-state index in [-0.39, 0.29) is 0 Å². The zero-order valence-electron chi connectivity index (χ0n) is 12.3. The second-order valence-corrected chi connectivity index (χ2v) is 7.45. The standard InChI is InChI=1S/C16H31N/c1-13(2)15-11-16(12-15)8-5-14(6-9-16)7-10-17(3)4/h13-15H,5-12H2,1-4H3. The summed E-state index contributed by atoms with van der Waals surface area (Å²) in [7, 11) is 4.40. The lowest BCUT2D eigenvalue weighted by molar-refractivity contribution is -0.0215. The van der Waals surface area contributed by atoms with Gasteiger partial charge >= 0.3 is 0 Å². The Morgan fingerprint density at radius 3 is 2.18 bits per heavy atom. The second-order valence-electron chi connectivity index (χ2n) is 7.45. The van der Waals surface area contributed by atoms with Crippen LogP contribution in [0.3, 0.4) is 0 Å². The SMILES string of the molecule is CC(C)C1CC2(CCC(CCN(C)C)CC2)C1. The molecule has 100 valence electrons. The highest BCUT2D eigenvalue weighted by Crippen LogP contribution is 2.57. The summed E-state index contributed by atoms with van der Waals surface area (Å²) in [6.45, 7) is 6.09. The lowest BCUT2D eigenvalue weighted by Crippen LogP contribution is -2.42. The van der Waals surface area contributed by atoms with Crippen LogP contribution in [-0.2, 0) is 0 Å². The first-order valence-corrected chi connectivity index (χ1v) is 7.65. The van der Waals surface area contributed by atoms with Crippen molar-refractivity contribution in [2.24, 2.45) is 23.2 Å². The molecule has 0 saturated heterocycles. The number of hydrogen-bond acceptors (Lipinski definition) is 1. The molecule has 0 radical (unpaired) electrons. The molecule has 0 aromatic heterocycles.